The van der Waals surface area contributed by atoms with Gasteiger partial charge in [0.15, 0.2) is 0 Å². The third kappa shape index (κ3) is 4.33. The summed E-state index contributed by atoms with van der Waals surface area (Å²) in [5.74, 6) is -0.872. The van der Waals surface area contributed by atoms with Gasteiger partial charge in [-0.1, -0.05) is 54.1 Å². The molecule has 3 rings (SSSR count). The number of esters is 1. The van der Waals surface area contributed by atoms with Crippen molar-refractivity contribution in [3.8, 4) is 0 Å². The summed E-state index contributed by atoms with van der Waals surface area (Å²) in [6.45, 7) is 2.01. The lowest BCUT2D eigenvalue weighted by molar-refractivity contribution is -0.139. The molecule has 0 saturated carbocycles. The van der Waals surface area contributed by atoms with Crippen LogP contribution in [0.2, 0.25) is 5.02 Å². The summed E-state index contributed by atoms with van der Waals surface area (Å²) in [4.78, 5) is 24.7. The van der Waals surface area contributed by atoms with Crippen molar-refractivity contribution < 1.29 is 14.3 Å². The van der Waals surface area contributed by atoms with Gasteiger partial charge < -0.3 is 10.1 Å². The Morgan fingerprint density at radius 3 is 2.69 bits per heavy atom. The molecule has 5 heteroatoms. The van der Waals surface area contributed by atoms with Gasteiger partial charge in [-0.05, 0) is 30.2 Å². The maximum Gasteiger partial charge on any atom is 0.336 e. The number of allylic oxidation sites excluding steroid dienone is 1. The van der Waals surface area contributed by atoms with E-state index in [2.05, 4.69) is 5.32 Å². The number of carbonyl (C=O) groups is 2. The van der Waals surface area contributed by atoms with Crippen LogP contribution in [0.5, 0.6) is 0 Å². The summed E-state index contributed by atoms with van der Waals surface area (Å²) >= 11 is 6.08. The molecule has 4 nitrogen and oxygen atoms in total. The second-order valence-electron chi connectivity index (χ2n) is 6.27. The van der Waals surface area contributed by atoms with Gasteiger partial charge in [0.25, 0.3) is 0 Å². The molecule has 1 aliphatic rings. The molecular weight excluding hydrogens is 350 g/mol. The molecule has 0 spiro atoms. The number of hydrogen-bond acceptors (Lipinski definition) is 3. The largest absolute Gasteiger partial charge is 0.462 e. The number of hydrogen-bond donors (Lipinski definition) is 1. The molecule has 1 N–H and O–H groups in total. The standard InChI is InChI=1S/C21H20ClNO3/c1-14-20(21(25)26-11-10-15-6-3-2-4-7-15)18(13-19(24)23-14)16-8-5-9-17(22)12-16/h2-9,12,18H,10-11,13H2,1H3,(H,23,24)/t18-/m1/s1. The lowest BCUT2D eigenvalue weighted by Crippen LogP contribution is -2.34. The van der Waals surface area contributed by atoms with Crippen LogP contribution in [0.3, 0.4) is 0 Å². The molecule has 1 amide bonds. The first-order valence-electron chi connectivity index (χ1n) is 8.51. The zero-order valence-corrected chi connectivity index (χ0v) is 15.3. The molecule has 0 saturated heterocycles. The van der Waals surface area contributed by atoms with Crippen LogP contribution in [-0.2, 0) is 20.7 Å². The van der Waals surface area contributed by atoms with Crippen LogP contribution in [0.1, 0.15) is 30.4 Å². The van der Waals surface area contributed by atoms with Crippen LogP contribution in [-0.4, -0.2) is 18.5 Å². The van der Waals surface area contributed by atoms with Gasteiger partial charge in [0.1, 0.15) is 0 Å². The van der Waals surface area contributed by atoms with Crippen LogP contribution in [0.4, 0.5) is 0 Å². The summed E-state index contributed by atoms with van der Waals surface area (Å²) in [5.41, 5.74) is 2.96. The highest BCUT2D eigenvalue weighted by molar-refractivity contribution is 6.30. The highest BCUT2D eigenvalue weighted by Gasteiger charge is 2.32. The summed E-state index contributed by atoms with van der Waals surface area (Å²) in [5, 5.41) is 3.31. The maximum atomic E-state index is 12.7. The second-order valence-corrected chi connectivity index (χ2v) is 6.71. The van der Waals surface area contributed by atoms with Crippen molar-refractivity contribution >= 4 is 23.5 Å². The molecule has 0 radical (unpaired) electrons. The van der Waals surface area contributed by atoms with Crippen molar-refractivity contribution in [2.24, 2.45) is 0 Å². The number of halogens is 1. The molecule has 0 aromatic heterocycles. The highest BCUT2D eigenvalue weighted by atomic mass is 35.5. The van der Waals surface area contributed by atoms with E-state index in [1.54, 1.807) is 19.1 Å². The quantitative estimate of drug-likeness (QED) is 0.810. The minimum absolute atomic E-state index is 0.117. The van der Waals surface area contributed by atoms with Gasteiger partial charge in [-0.2, -0.15) is 0 Å². The normalized spacial score (nSPS) is 17.0. The van der Waals surface area contributed by atoms with E-state index in [9.17, 15) is 9.59 Å². The first-order valence-corrected chi connectivity index (χ1v) is 8.89. The Bertz CT molecular complexity index is 845. The molecule has 2 aromatic carbocycles. The fourth-order valence-electron chi connectivity index (χ4n) is 3.16. The lowest BCUT2D eigenvalue weighted by Gasteiger charge is -2.26. The van der Waals surface area contributed by atoms with Crippen LogP contribution in [0.25, 0.3) is 0 Å². The maximum absolute atomic E-state index is 12.7. The summed E-state index contributed by atoms with van der Waals surface area (Å²) in [6.07, 6.45) is 0.841. The Hall–Kier alpha value is -2.59. The van der Waals surface area contributed by atoms with Crippen molar-refractivity contribution in [3.63, 3.8) is 0 Å². The zero-order chi connectivity index (χ0) is 18.5. The van der Waals surface area contributed by atoms with Gasteiger partial charge >= 0.3 is 5.97 Å². The second kappa shape index (κ2) is 8.19. The first-order chi connectivity index (χ1) is 12.5. The van der Waals surface area contributed by atoms with E-state index >= 15 is 0 Å². The van der Waals surface area contributed by atoms with Gasteiger partial charge in [0.2, 0.25) is 5.91 Å². The minimum atomic E-state index is -0.400. The van der Waals surface area contributed by atoms with Crippen molar-refractivity contribution in [2.45, 2.75) is 25.7 Å². The summed E-state index contributed by atoms with van der Waals surface area (Å²) < 4.78 is 5.49. The number of nitrogens with one attached hydrogen (secondary N) is 1. The topological polar surface area (TPSA) is 55.4 Å². The van der Waals surface area contributed by atoms with Gasteiger partial charge in [-0.3, -0.25) is 4.79 Å². The van der Waals surface area contributed by atoms with E-state index in [4.69, 9.17) is 16.3 Å². The number of amides is 1. The van der Waals surface area contributed by atoms with E-state index in [0.29, 0.717) is 22.7 Å². The average molecular weight is 370 g/mol. The van der Waals surface area contributed by atoms with Crippen molar-refractivity contribution in [2.75, 3.05) is 6.61 Å². The van der Waals surface area contributed by atoms with Gasteiger partial charge in [-0.25, -0.2) is 4.79 Å². The Kier molecular flexibility index (Phi) is 5.74. The average Bonchev–Trinajstić information content (AvgIpc) is 2.62. The molecule has 1 atom stereocenters. The van der Waals surface area contributed by atoms with Crippen LogP contribution in [0, 0.1) is 0 Å². The van der Waals surface area contributed by atoms with E-state index in [1.165, 1.54) is 0 Å². The van der Waals surface area contributed by atoms with Crippen molar-refractivity contribution in [1.29, 1.82) is 0 Å². The molecule has 0 fully saturated rings. The molecular formula is C21H20ClNO3. The van der Waals surface area contributed by atoms with E-state index < -0.39 is 5.97 Å². The smallest absolute Gasteiger partial charge is 0.336 e. The molecule has 0 aliphatic carbocycles. The van der Waals surface area contributed by atoms with E-state index in [0.717, 1.165) is 11.1 Å². The van der Waals surface area contributed by atoms with E-state index in [1.807, 2.05) is 42.5 Å². The Labute approximate surface area is 157 Å². The highest BCUT2D eigenvalue weighted by Crippen LogP contribution is 2.34. The number of rotatable bonds is 5. The lowest BCUT2D eigenvalue weighted by atomic mass is 9.84. The number of benzene rings is 2. The van der Waals surface area contributed by atoms with Crippen molar-refractivity contribution in [3.05, 3.63) is 82.0 Å². The van der Waals surface area contributed by atoms with Crippen molar-refractivity contribution in [1.82, 2.24) is 5.32 Å². The Morgan fingerprint density at radius 2 is 1.96 bits per heavy atom. The fraction of sp³-hybridized carbons (Fsp3) is 0.238. The molecule has 26 heavy (non-hydrogen) atoms. The molecule has 134 valence electrons. The van der Waals surface area contributed by atoms with Crippen LogP contribution >= 0.6 is 11.6 Å². The predicted molar refractivity (Wildman–Crippen MR) is 101 cm³/mol. The van der Waals surface area contributed by atoms with Gasteiger partial charge in [0, 0.05) is 29.5 Å². The first kappa shape index (κ1) is 18.2. The Morgan fingerprint density at radius 1 is 1.19 bits per heavy atom. The Balaban J connectivity index is 1.76. The SMILES string of the molecule is CC1=C(C(=O)OCCc2ccccc2)[C@@H](c2cccc(Cl)c2)CC(=O)N1. The summed E-state index contributed by atoms with van der Waals surface area (Å²) in [6, 6.07) is 17.1. The molecule has 0 bridgehead atoms. The van der Waals surface area contributed by atoms with Gasteiger partial charge in [0.05, 0.1) is 12.2 Å². The molecule has 1 aliphatic heterocycles. The predicted octanol–water partition coefficient (Wildman–Crippen LogP) is 4.00. The number of carbonyl (C=O) groups excluding carboxylic acids is 2. The third-order valence-electron chi connectivity index (χ3n) is 4.41. The monoisotopic (exact) mass is 369 g/mol. The fourth-order valence-corrected chi connectivity index (χ4v) is 3.36. The van der Waals surface area contributed by atoms with Crippen LogP contribution in [0.15, 0.2) is 65.9 Å². The van der Waals surface area contributed by atoms with Crippen LogP contribution < -0.4 is 5.32 Å². The third-order valence-corrected chi connectivity index (χ3v) is 4.64. The molecule has 1 heterocycles. The number of ether oxygens (including phenoxy) is 1. The minimum Gasteiger partial charge on any atom is -0.462 e. The molecule has 2 aromatic rings. The summed E-state index contributed by atoms with van der Waals surface area (Å²) in [7, 11) is 0. The van der Waals surface area contributed by atoms with Gasteiger partial charge in [-0.15, -0.1) is 0 Å². The van der Waals surface area contributed by atoms with E-state index in [-0.39, 0.29) is 24.9 Å². The molecule has 0 unspecified atom stereocenters. The zero-order valence-electron chi connectivity index (χ0n) is 14.5.